The van der Waals surface area contributed by atoms with Gasteiger partial charge in [-0.1, -0.05) is 0 Å². The zero-order valence-electron chi connectivity index (χ0n) is 11.0. The van der Waals surface area contributed by atoms with Crippen LogP contribution in [-0.4, -0.2) is 30.2 Å². The minimum absolute atomic E-state index is 0. The molecule has 4 nitrogen and oxygen atoms in total. The Balaban J connectivity index is 0.00000256. The topological polar surface area (TPSA) is 64.4 Å². The first kappa shape index (κ1) is 16.7. The highest BCUT2D eigenvalue weighted by Crippen LogP contribution is 2.22. The van der Waals surface area contributed by atoms with Gasteiger partial charge in [-0.15, -0.1) is 12.4 Å². The fourth-order valence-electron chi connectivity index (χ4n) is 1.80. The van der Waals surface area contributed by atoms with Gasteiger partial charge in [0, 0.05) is 18.5 Å². The molecule has 1 heterocycles. The largest absolute Gasteiger partial charge is 0.375 e. The van der Waals surface area contributed by atoms with Crippen molar-refractivity contribution in [3.63, 3.8) is 0 Å². The van der Waals surface area contributed by atoms with Crippen LogP contribution in [-0.2, 0) is 9.53 Å². The van der Waals surface area contributed by atoms with E-state index in [1.165, 1.54) is 0 Å². The van der Waals surface area contributed by atoms with Crippen LogP contribution in [0.3, 0.4) is 0 Å². The van der Waals surface area contributed by atoms with Crippen molar-refractivity contribution in [2.75, 3.05) is 6.54 Å². The SMILES string of the molecule is CC1CCC(CCC(=O)NCC(C)(C)N)O1.Cl. The lowest BCUT2D eigenvalue weighted by Crippen LogP contribution is -2.45. The Kier molecular flexibility index (Phi) is 7.05. The summed E-state index contributed by atoms with van der Waals surface area (Å²) in [4.78, 5) is 11.5. The lowest BCUT2D eigenvalue weighted by atomic mass is 10.1. The summed E-state index contributed by atoms with van der Waals surface area (Å²) in [6.07, 6.45) is 4.18. The first-order valence-corrected chi connectivity index (χ1v) is 6.08. The first-order chi connectivity index (χ1) is 7.37. The molecule has 0 spiro atoms. The molecule has 0 aromatic rings. The second-order valence-electron chi connectivity index (χ2n) is 5.45. The Morgan fingerprint density at radius 1 is 1.47 bits per heavy atom. The summed E-state index contributed by atoms with van der Waals surface area (Å²) in [7, 11) is 0. The van der Waals surface area contributed by atoms with Crippen molar-refractivity contribution < 1.29 is 9.53 Å². The van der Waals surface area contributed by atoms with Crippen LogP contribution in [0.5, 0.6) is 0 Å². The highest BCUT2D eigenvalue weighted by Gasteiger charge is 2.22. The number of nitrogens with two attached hydrogens (primary N) is 1. The average Bonchev–Trinajstić information content (AvgIpc) is 2.57. The van der Waals surface area contributed by atoms with Crippen LogP contribution in [0.15, 0.2) is 0 Å². The van der Waals surface area contributed by atoms with Crippen LogP contribution in [0.4, 0.5) is 0 Å². The van der Waals surface area contributed by atoms with Crippen LogP contribution in [0.2, 0.25) is 0 Å². The summed E-state index contributed by atoms with van der Waals surface area (Å²) >= 11 is 0. The molecule has 0 aliphatic carbocycles. The predicted molar refractivity (Wildman–Crippen MR) is 71.3 cm³/mol. The molecule has 17 heavy (non-hydrogen) atoms. The van der Waals surface area contributed by atoms with Gasteiger partial charge < -0.3 is 15.8 Å². The Morgan fingerprint density at radius 3 is 2.59 bits per heavy atom. The highest BCUT2D eigenvalue weighted by atomic mass is 35.5. The molecule has 0 saturated carbocycles. The van der Waals surface area contributed by atoms with E-state index in [1.54, 1.807) is 0 Å². The van der Waals surface area contributed by atoms with E-state index in [2.05, 4.69) is 12.2 Å². The van der Waals surface area contributed by atoms with Gasteiger partial charge in [0.15, 0.2) is 0 Å². The number of hydrogen-bond acceptors (Lipinski definition) is 3. The van der Waals surface area contributed by atoms with E-state index in [9.17, 15) is 4.79 Å². The molecular weight excluding hydrogens is 240 g/mol. The van der Waals surface area contributed by atoms with E-state index in [4.69, 9.17) is 10.5 Å². The molecule has 3 N–H and O–H groups in total. The van der Waals surface area contributed by atoms with Crippen molar-refractivity contribution in [3.8, 4) is 0 Å². The van der Waals surface area contributed by atoms with Crippen molar-refractivity contribution in [1.29, 1.82) is 0 Å². The molecule has 1 fully saturated rings. The molecule has 2 unspecified atom stereocenters. The van der Waals surface area contributed by atoms with Crippen LogP contribution in [0.1, 0.15) is 46.5 Å². The number of amides is 1. The summed E-state index contributed by atoms with van der Waals surface area (Å²) in [5.74, 6) is 0.0710. The van der Waals surface area contributed by atoms with Crippen molar-refractivity contribution in [2.45, 2.75) is 64.2 Å². The zero-order valence-corrected chi connectivity index (χ0v) is 11.8. The maximum absolute atomic E-state index is 11.5. The number of nitrogens with one attached hydrogen (secondary N) is 1. The van der Waals surface area contributed by atoms with E-state index in [0.717, 1.165) is 19.3 Å². The van der Waals surface area contributed by atoms with Gasteiger partial charge in [0.2, 0.25) is 5.91 Å². The standard InChI is InChI=1S/C12H24N2O2.ClH/c1-9-4-5-10(16-9)6-7-11(15)14-8-12(2,3)13;/h9-10H,4-8,13H2,1-3H3,(H,14,15);1H. The van der Waals surface area contributed by atoms with E-state index in [0.29, 0.717) is 19.1 Å². The molecule has 5 heteroatoms. The molecule has 1 rings (SSSR count). The number of rotatable bonds is 5. The third kappa shape index (κ3) is 7.58. The van der Waals surface area contributed by atoms with Gasteiger partial charge in [0.25, 0.3) is 0 Å². The quantitative estimate of drug-likeness (QED) is 0.793. The summed E-state index contributed by atoms with van der Waals surface area (Å²) in [5, 5.41) is 2.84. The number of hydrogen-bond donors (Lipinski definition) is 2. The maximum Gasteiger partial charge on any atom is 0.220 e. The molecule has 2 atom stereocenters. The van der Waals surface area contributed by atoms with Crippen LogP contribution in [0, 0.1) is 0 Å². The minimum atomic E-state index is -0.339. The normalized spacial score (nSPS) is 24.2. The summed E-state index contributed by atoms with van der Waals surface area (Å²) < 4.78 is 5.65. The molecule has 1 aliphatic heterocycles. The lowest BCUT2D eigenvalue weighted by Gasteiger charge is -2.19. The Morgan fingerprint density at radius 2 is 2.12 bits per heavy atom. The van der Waals surface area contributed by atoms with Gasteiger partial charge >= 0.3 is 0 Å². The Bertz CT molecular complexity index is 241. The number of carbonyl (C=O) groups excluding carboxylic acids is 1. The molecule has 0 radical (unpaired) electrons. The fraction of sp³-hybridized carbons (Fsp3) is 0.917. The highest BCUT2D eigenvalue weighted by molar-refractivity contribution is 5.85. The number of halogens is 1. The zero-order chi connectivity index (χ0) is 12.2. The number of ether oxygens (including phenoxy) is 1. The summed E-state index contributed by atoms with van der Waals surface area (Å²) in [6, 6.07) is 0. The third-order valence-electron chi connectivity index (χ3n) is 2.75. The first-order valence-electron chi connectivity index (χ1n) is 6.08. The lowest BCUT2D eigenvalue weighted by molar-refractivity contribution is -0.122. The van der Waals surface area contributed by atoms with E-state index in [-0.39, 0.29) is 30.0 Å². The van der Waals surface area contributed by atoms with Crippen molar-refractivity contribution in [3.05, 3.63) is 0 Å². The molecule has 0 aromatic heterocycles. The molecule has 1 aliphatic rings. The van der Waals surface area contributed by atoms with E-state index >= 15 is 0 Å². The average molecular weight is 265 g/mol. The number of carbonyl (C=O) groups is 1. The smallest absolute Gasteiger partial charge is 0.220 e. The third-order valence-corrected chi connectivity index (χ3v) is 2.75. The summed E-state index contributed by atoms with van der Waals surface area (Å²) in [6.45, 7) is 6.40. The molecule has 102 valence electrons. The van der Waals surface area contributed by atoms with Gasteiger partial charge in [0.1, 0.15) is 0 Å². The summed E-state index contributed by atoms with van der Waals surface area (Å²) in [5.41, 5.74) is 5.44. The van der Waals surface area contributed by atoms with Gasteiger partial charge in [0.05, 0.1) is 12.2 Å². The van der Waals surface area contributed by atoms with Gasteiger partial charge in [-0.2, -0.15) is 0 Å². The van der Waals surface area contributed by atoms with Crippen molar-refractivity contribution >= 4 is 18.3 Å². The molecule has 0 aromatic carbocycles. The van der Waals surface area contributed by atoms with E-state index in [1.807, 2.05) is 13.8 Å². The monoisotopic (exact) mass is 264 g/mol. The predicted octanol–water partition coefficient (Wildman–Crippen LogP) is 1.61. The van der Waals surface area contributed by atoms with Crippen LogP contribution in [0.25, 0.3) is 0 Å². The Labute approximate surface area is 110 Å². The fourth-order valence-corrected chi connectivity index (χ4v) is 1.80. The minimum Gasteiger partial charge on any atom is -0.375 e. The van der Waals surface area contributed by atoms with Gasteiger partial charge in [-0.25, -0.2) is 0 Å². The van der Waals surface area contributed by atoms with Crippen LogP contribution < -0.4 is 11.1 Å². The van der Waals surface area contributed by atoms with Crippen molar-refractivity contribution in [1.82, 2.24) is 5.32 Å². The maximum atomic E-state index is 11.5. The second-order valence-corrected chi connectivity index (χ2v) is 5.45. The molecule has 1 amide bonds. The second kappa shape index (κ2) is 7.19. The van der Waals surface area contributed by atoms with Crippen LogP contribution >= 0.6 is 12.4 Å². The molecule has 1 saturated heterocycles. The van der Waals surface area contributed by atoms with E-state index < -0.39 is 0 Å². The molecular formula is C12H25ClN2O2. The van der Waals surface area contributed by atoms with Gasteiger partial charge in [-0.05, 0) is 40.0 Å². The van der Waals surface area contributed by atoms with Crippen molar-refractivity contribution in [2.24, 2.45) is 5.73 Å². The van der Waals surface area contributed by atoms with Gasteiger partial charge in [-0.3, -0.25) is 4.79 Å². The Hall–Kier alpha value is -0.320. The molecule has 0 bridgehead atoms.